The van der Waals surface area contributed by atoms with E-state index in [1.165, 1.54) is 0 Å². The van der Waals surface area contributed by atoms with E-state index < -0.39 is 17.3 Å². The fourth-order valence-corrected chi connectivity index (χ4v) is 1.05. The molecule has 0 aromatic rings. The van der Waals surface area contributed by atoms with Crippen LogP contribution in [0.25, 0.3) is 0 Å². The molecule has 1 aliphatic carbocycles. The first-order valence-electron chi connectivity index (χ1n) is 4.05. The van der Waals surface area contributed by atoms with Crippen LogP contribution in [0.15, 0.2) is 0 Å². The lowest BCUT2D eigenvalue weighted by Crippen LogP contribution is -2.37. The summed E-state index contributed by atoms with van der Waals surface area (Å²) in [5.74, 6) is 3.81. The Bertz CT molecular complexity index is 294. The van der Waals surface area contributed by atoms with Gasteiger partial charge in [0.2, 0.25) is 5.91 Å². The van der Waals surface area contributed by atoms with Crippen LogP contribution < -0.4 is 5.32 Å². The minimum absolute atomic E-state index is 0.227. The van der Waals surface area contributed by atoms with Gasteiger partial charge in [0.15, 0.2) is 0 Å². The monoisotopic (exact) mass is 181 g/mol. The van der Waals surface area contributed by atoms with Crippen molar-refractivity contribution in [1.29, 1.82) is 0 Å². The van der Waals surface area contributed by atoms with Crippen LogP contribution in [0.2, 0.25) is 0 Å². The van der Waals surface area contributed by atoms with Gasteiger partial charge in [-0.3, -0.25) is 9.59 Å². The van der Waals surface area contributed by atoms with E-state index in [4.69, 9.17) is 5.11 Å². The average Bonchev–Trinajstić information content (AvgIpc) is 2.84. The topological polar surface area (TPSA) is 66.4 Å². The molecule has 0 radical (unpaired) electrons. The number of amides is 1. The van der Waals surface area contributed by atoms with Crippen molar-refractivity contribution >= 4 is 11.9 Å². The molecule has 1 amide bonds. The fraction of sp³-hybridized carbons (Fsp3) is 0.556. The van der Waals surface area contributed by atoms with Gasteiger partial charge in [0, 0.05) is 0 Å². The van der Waals surface area contributed by atoms with Gasteiger partial charge >= 0.3 is 5.97 Å². The second-order valence-electron chi connectivity index (χ2n) is 3.00. The first kappa shape index (κ1) is 9.59. The predicted molar refractivity (Wildman–Crippen MR) is 45.8 cm³/mol. The summed E-state index contributed by atoms with van der Waals surface area (Å²) in [6.45, 7) is 1.89. The lowest BCUT2D eigenvalue weighted by atomic mass is 10.1. The summed E-state index contributed by atoms with van der Waals surface area (Å²) in [6.07, 6.45) is 0.876. The fourth-order valence-electron chi connectivity index (χ4n) is 1.05. The maximum absolute atomic E-state index is 11.3. The van der Waals surface area contributed by atoms with Gasteiger partial charge in [-0.2, -0.15) is 0 Å². The molecule has 0 aromatic carbocycles. The van der Waals surface area contributed by atoms with Crippen LogP contribution in [-0.2, 0) is 9.59 Å². The molecule has 1 fully saturated rings. The first-order valence-corrected chi connectivity index (χ1v) is 4.05. The first-order chi connectivity index (χ1) is 6.13. The van der Waals surface area contributed by atoms with Gasteiger partial charge in [-0.05, 0) is 19.8 Å². The van der Waals surface area contributed by atoms with Crippen molar-refractivity contribution in [2.45, 2.75) is 19.8 Å². The molecule has 1 rings (SSSR count). The summed E-state index contributed by atoms with van der Waals surface area (Å²) in [5, 5.41) is 11.2. The van der Waals surface area contributed by atoms with E-state index in [0.29, 0.717) is 12.8 Å². The standard InChI is InChI=1S/C9H11NO3/c1-2-3-6-10-7(11)9(4-5-9)8(12)13/h4-6H2,1H3,(H,10,11)(H,12,13). The van der Waals surface area contributed by atoms with E-state index in [2.05, 4.69) is 17.2 Å². The van der Waals surface area contributed by atoms with Crippen LogP contribution in [0.5, 0.6) is 0 Å². The number of aliphatic carboxylic acids is 1. The highest BCUT2D eigenvalue weighted by Crippen LogP contribution is 2.45. The summed E-state index contributed by atoms with van der Waals surface area (Å²) in [5.41, 5.74) is -1.14. The smallest absolute Gasteiger partial charge is 0.319 e. The number of hydrogen-bond donors (Lipinski definition) is 2. The number of nitrogens with one attached hydrogen (secondary N) is 1. The van der Waals surface area contributed by atoms with Crippen molar-refractivity contribution < 1.29 is 14.7 Å². The van der Waals surface area contributed by atoms with Gasteiger partial charge in [-0.25, -0.2) is 0 Å². The number of carbonyl (C=O) groups is 2. The second kappa shape index (κ2) is 3.48. The van der Waals surface area contributed by atoms with Gasteiger partial charge in [-0.15, -0.1) is 5.92 Å². The van der Waals surface area contributed by atoms with Crippen LogP contribution in [0.4, 0.5) is 0 Å². The Morgan fingerprint density at radius 1 is 1.54 bits per heavy atom. The minimum Gasteiger partial charge on any atom is -0.480 e. The molecule has 0 unspecified atom stereocenters. The molecule has 0 atom stereocenters. The van der Waals surface area contributed by atoms with E-state index >= 15 is 0 Å². The Labute approximate surface area is 76.3 Å². The zero-order valence-electron chi connectivity index (χ0n) is 7.39. The Balaban J connectivity index is 2.47. The summed E-state index contributed by atoms with van der Waals surface area (Å²) in [6, 6.07) is 0. The number of carbonyl (C=O) groups excluding carboxylic acids is 1. The number of carboxylic acids is 1. The molecular weight excluding hydrogens is 170 g/mol. The summed E-state index contributed by atoms with van der Waals surface area (Å²) < 4.78 is 0. The van der Waals surface area contributed by atoms with Gasteiger partial charge < -0.3 is 10.4 Å². The van der Waals surface area contributed by atoms with E-state index in [1.807, 2.05) is 0 Å². The molecule has 4 heteroatoms. The Hall–Kier alpha value is -1.50. The quantitative estimate of drug-likeness (QED) is 0.475. The normalized spacial score (nSPS) is 16.7. The third kappa shape index (κ3) is 1.81. The van der Waals surface area contributed by atoms with Gasteiger partial charge in [0.05, 0.1) is 6.54 Å². The molecule has 4 nitrogen and oxygen atoms in total. The van der Waals surface area contributed by atoms with E-state index in [1.54, 1.807) is 6.92 Å². The molecule has 0 heterocycles. The zero-order chi connectivity index (χ0) is 9.90. The number of carboxylic acid groups (broad SMARTS) is 1. The molecule has 70 valence electrons. The number of hydrogen-bond acceptors (Lipinski definition) is 2. The molecule has 13 heavy (non-hydrogen) atoms. The molecular formula is C9H11NO3. The third-order valence-electron chi connectivity index (χ3n) is 2.11. The minimum atomic E-state index is -1.14. The number of rotatable bonds is 3. The van der Waals surface area contributed by atoms with E-state index in [0.717, 1.165) is 0 Å². The van der Waals surface area contributed by atoms with Gasteiger partial charge in [0.1, 0.15) is 5.41 Å². The van der Waals surface area contributed by atoms with Crippen molar-refractivity contribution in [1.82, 2.24) is 5.32 Å². The van der Waals surface area contributed by atoms with Crippen molar-refractivity contribution in [2.75, 3.05) is 6.54 Å². The highest BCUT2D eigenvalue weighted by molar-refractivity contribution is 6.04. The summed E-state index contributed by atoms with van der Waals surface area (Å²) in [4.78, 5) is 21.9. The van der Waals surface area contributed by atoms with Crippen molar-refractivity contribution in [3.05, 3.63) is 0 Å². The molecule has 0 saturated heterocycles. The largest absolute Gasteiger partial charge is 0.480 e. The molecule has 0 aliphatic heterocycles. The Kier molecular flexibility index (Phi) is 2.57. The predicted octanol–water partition coefficient (Wildman–Crippen LogP) is -0.00930. The van der Waals surface area contributed by atoms with Crippen LogP contribution >= 0.6 is 0 Å². The summed E-state index contributed by atoms with van der Waals surface area (Å²) >= 11 is 0. The van der Waals surface area contributed by atoms with E-state index in [-0.39, 0.29) is 6.54 Å². The molecule has 0 spiro atoms. The molecule has 1 aliphatic rings. The third-order valence-corrected chi connectivity index (χ3v) is 2.11. The maximum Gasteiger partial charge on any atom is 0.319 e. The Morgan fingerprint density at radius 2 is 2.15 bits per heavy atom. The lowest BCUT2D eigenvalue weighted by Gasteiger charge is -2.07. The average molecular weight is 181 g/mol. The van der Waals surface area contributed by atoms with Crippen LogP contribution in [0, 0.1) is 17.3 Å². The highest BCUT2D eigenvalue weighted by Gasteiger charge is 2.56. The maximum atomic E-state index is 11.3. The molecule has 1 saturated carbocycles. The van der Waals surface area contributed by atoms with Crippen molar-refractivity contribution in [2.24, 2.45) is 5.41 Å². The second-order valence-corrected chi connectivity index (χ2v) is 3.00. The van der Waals surface area contributed by atoms with Crippen molar-refractivity contribution in [3.63, 3.8) is 0 Å². The lowest BCUT2D eigenvalue weighted by molar-refractivity contribution is -0.148. The van der Waals surface area contributed by atoms with Gasteiger partial charge in [-0.1, -0.05) is 5.92 Å². The van der Waals surface area contributed by atoms with Crippen LogP contribution in [-0.4, -0.2) is 23.5 Å². The molecule has 2 N–H and O–H groups in total. The van der Waals surface area contributed by atoms with E-state index in [9.17, 15) is 9.59 Å². The van der Waals surface area contributed by atoms with Crippen LogP contribution in [0.3, 0.4) is 0 Å². The van der Waals surface area contributed by atoms with Crippen LogP contribution in [0.1, 0.15) is 19.8 Å². The van der Waals surface area contributed by atoms with Gasteiger partial charge in [0.25, 0.3) is 0 Å². The SMILES string of the molecule is CC#CCNC(=O)C1(C(=O)O)CC1. The van der Waals surface area contributed by atoms with Crippen molar-refractivity contribution in [3.8, 4) is 11.8 Å². The molecule has 0 aromatic heterocycles. The highest BCUT2D eigenvalue weighted by atomic mass is 16.4. The Morgan fingerprint density at radius 3 is 2.54 bits per heavy atom. The summed E-state index contributed by atoms with van der Waals surface area (Å²) in [7, 11) is 0. The molecule has 0 bridgehead atoms. The zero-order valence-corrected chi connectivity index (χ0v) is 7.39.